The SMILES string of the molecule is C1CC1.CCO.Clc1cc(Br)c2cnn(PI)c2c1. The monoisotopic (exact) mass is 476 g/mol. The molecule has 0 bridgehead atoms. The number of fused-ring (bicyclic) bond motifs is 1. The number of aliphatic hydroxyl groups excluding tert-OH is 1. The summed E-state index contributed by atoms with van der Waals surface area (Å²) >= 11 is 11.7. The van der Waals surface area contributed by atoms with Gasteiger partial charge in [-0.15, -0.1) is 0 Å². The van der Waals surface area contributed by atoms with Crippen LogP contribution in [0, 0.1) is 0 Å². The summed E-state index contributed by atoms with van der Waals surface area (Å²) in [5, 5.41) is 13.7. The van der Waals surface area contributed by atoms with Gasteiger partial charge < -0.3 is 5.11 Å². The number of aliphatic hydroxyl groups is 1. The molecule has 1 aliphatic rings. The zero-order chi connectivity index (χ0) is 14.3. The van der Waals surface area contributed by atoms with Crippen molar-refractivity contribution in [2.75, 3.05) is 6.61 Å². The minimum Gasteiger partial charge on any atom is -0.397 e. The lowest BCUT2D eigenvalue weighted by molar-refractivity contribution is 0.318. The highest BCUT2D eigenvalue weighted by Gasteiger charge is 2.06. The minimum absolute atomic E-state index is 0.250. The van der Waals surface area contributed by atoms with Crippen LogP contribution in [-0.4, -0.2) is 21.3 Å². The Morgan fingerprint density at radius 1 is 1.47 bits per heavy atom. The Hall–Kier alpha value is 0.580. The largest absolute Gasteiger partial charge is 0.397 e. The average molecular weight is 478 g/mol. The maximum absolute atomic E-state index is 7.57. The van der Waals surface area contributed by atoms with Crippen molar-refractivity contribution < 1.29 is 5.11 Å². The van der Waals surface area contributed by atoms with Crippen molar-refractivity contribution in [3.63, 3.8) is 0 Å². The molecule has 1 unspecified atom stereocenters. The highest BCUT2D eigenvalue weighted by atomic mass is 127. The van der Waals surface area contributed by atoms with E-state index < -0.39 is 0 Å². The molecule has 0 amide bonds. The summed E-state index contributed by atoms with van der Waals surface area (Å²) < 4.78 is 2.93. The first kappa shape index (κ1) is 17.6. The van der Waals surface area contributed by atoms with Crippen molar-refractivity contribution in [3.05, 3.63) is 27.8 Å². The van der Waals surface area contributed by atoms with Crippen molar-refractivity contribution in [3.8, 4) is 0 Å². The van der Waals surface area contributed by atoms with Gasteiger partial charge in [-0.3, -0.25) is 0 Å². The Balaban J connectivity index is 0.000000251. The van der Waals surface area contributed by atoms with Gasteiger partial charge in [-0.25, -0.2) is 4.45 Å². The Bertz CT molecular complexity index is 519. The second-order valence-corrected chi connectivity index (χ2v) is 7.17. The normalized spacial score (nSPS) is 12.9. The van der Waals surface area contributed by atoms with Gasteiger partial charge in [-0.05, 0) is 57.0 Å². The van der Waals surface area contributed by atoms with Gasteiger partial charge in [0.05, 0.1) is 18.1 Å². The van der Waals surface area contributed by atoms with E-state index in [-0.39, 0.29) is 6.61 Å². The van der Waals surface area contributed by atoms with E-state index in [1.54, 1.807) is 6.92 Å². The van der Waals surface area contributed by atoms with Crippen LogP contribution in [-0.2, 0) is 0 Å². The van der Waals surface area contributed by atoms with Crippen LogP contribution < -0.4 is 0 Å². The second kappa shape index (κ2) is 9.50. The van der Waals surface area contributed by atoms with E-state index in [2.05, 4.69) is 43.1 Å². The van der Waals surface area contributed by atoms with Gasteiger partial charge in [0.15, 0.2) is 0 Å². The van der Waals surface area contributed by atoms with Gasteiger partial charge in [0.25, 0.3) is 0 Å². The molecule has 0 aliphatic heterocycles. The molecule has 0 saturated heterocycles. The molecule has 1 N–H and O–H groups in total. The Morgan fingerprint density at radius 3 is 2.53 bits per heavy atom. The lowest BCUT2D eigenvalue weighted by Gasteiger charge is -1.98. The van der Waals surface area contributed by atoms with E-state index in [0.29, 0.717) is 6.37 Å². The van der Waals surface area contributed by atoms with E-state index in [0.717, 1.165) is 20.4 Å². The molecule has 19 heavy (non-hydrogen) atoms. The van der Waals surface area contributed by atoms with Crippen LogP contribution >= 0.6 is 55.9 Å². The van der Waals surface area contributed by atoms with Crippen LogP contribution in [0.1, 0.15) is 26.2 Å². The number of hydrogen-bond acceptors (Lipinski definition) is 2. The van der Waals surface area contributed by atoms with E-state index in [4.69, 9.17) is 16.7 Å². The molecular formula is C12H16BrClIN2OP. The van der Waals surface area contributed by atoms with Gasteiger partial charge in [-0.2, -0.15) is 5.10 Å². The highest BCUT2D eigenvalue weighted by molar-refractivity contribution is 14.2. The molecule has 7 heteroatoms. The third kappa shape index (κ3) is 6.25. The van der Waals surface area contributed by atoms with Crippen LogP contribution in [0.15, 0.2) is 22.8 Å². The fraction of sp³-hybridized carbons (Fsp3) is 0.417. The van der Waals surface area contributed by atoms with Crippen LogP contribution in [0.3, 0.4) is 0 Å². The summed E-state index contributed by atoms with van der Waals surface area (Å²) in [7, 11) is 0. The zero-order valence-electron chi connectivity index (χ0n) is 10.5. The van der Waals surface area contributed by atoms with E-state index >= 15 is 0 Å². The molecule has 106 valence electrons. The van der Waals surface area contributed by atoms with Gasteiger partial charge in [0, 0.05) is 21.5 Å². The quantitative estimate of drug-likeness (QED) is 0.441. The molecule has 1 heterocycles. The lowest BCUT2D eigenvalue weighted by atomic mass is 10.3. The summed E-state index contributed by atoms with van der Waals surface area (Å²) in [6.45, 7) is 1.93. The van der Waals surface area contributed by atoms with Gasteiger partial charge >= 0.3 is 0 Å². The summed E-state index contributed by atoms with van der Waals surface area (Å²) in [5.74, 6) is 0. The summed E-state index contributed by atoms with van der Waals surface area (Å²) in [5.41, 5.74) is 1.08. The van der Waals surface area contributed by atoms with Crippen LogP contribution in [0.5, 0.6) is 0 Å². The summed E-state index contributed by atoms with van der Waals surface area (Å²) in [6.07, 6.45) is 6.95. The molecule has 3 nitrogen and oxygen atoms in total. The first-order valence-electron chi connectivity index (χ1n) is 5.94. The molecule has 1 atom stereocenters. The summed E-state index contributed by atoms with van der Waals surface area (Å²) in [4.78, 5) is 0. The molecule has 0 radical (unpaired) electrons. The van der Waals surface area contributed by atoms with Crippen molar-refractivity contribution in [2.24, 2.45) is 0 Å². The van der Waals surface area contributed by atoms with Crippen LogP contribution in [0.4, 0.5) is 0 Å². The Morgan fingerprint density at radius 2 is 2.05 bits per heavy atom. The fourth-order valence-corrected chi connectivity index (χ4v) is 3.55. The lowest BCUT2D eigenvalue weighted by Crippen LogP contribution is -1.81. The standard InChI is InChI=1S/C7H4BrClIN2P.C3H6.C2H6O/c8-6-1-4(9)2-7-5(6)3-11-12(7)13-10;1-2-3-1;1-2-3/h1-3,13H;1-3H2;3H,2H2,1H3. The third-order valence-corrected chi connectivity index (χ3v) is 4.80. The van der Waals surface area contributed by atoms with Gasteiger partial charge in [-0.1, -0.05) is 30.9 Å². The smallest absolute Gasteiger partial charge is 0.0755 e. The molecule has 0 spiro atoms. The maximum Gasteiger partial charge on any atom is 0.0755 e. The molecular weight excluding hydrogens is 461 g/mol. The van der Waals surface area contributed by atoms with Gasteiger partial charge in [0.2, 0.25) is 0 Å². The molecule has 1 aliphatic carbocycles. The number of rotatable bonds is 1. The van der Waals surface area contributed by atoms with Crippen LogP contribution in [0.2, 0.25) is 5.02 Å². The molecule has 1 aromatic heterocycles. The fourth-order valence-electron chi connectivity index (χ4n) is 1.12. The number of halogens is 3. The predicted octanol–water partition coefficient (Wildman–Crippen LogP) is 5.41. The first-order valence-corrected chi connectivity index (χ1v) is 11.2. The van der Waals surface area contributed by atoms with Crippen LogP contribution in [0.25, 0.3) is 10.9 Å². The average Bonchev–Trinajstić information content (AvgIpc) is 3.18. The molecule has 3 rings (SSSR count). The Kier molecular flexibility index (Phi) is 8.82. The van der Waals surface area contributed by atoms with E-state index in [1.807, 2.05) is 22.8 Å². The maximum atomic E-state index is 7.57. The number of nitrogens with zero attached hydrogens (tertiary/aromatic N) is 2. The molecule has 1 aromatic carbocycles. The predicted molar refractivity (Wildman–Crippen MR) is 96.8 cm³/mol. The highest BCUT2D eigenvalue weighted by Crippen LogP contribution is 2.33. The van der Waals surface area contributed by atoms with E-state index in [1.165, 1.54) is 19.3 Å². The molecule has 1 saturated carbocycles. The van der Waals surface area contributed by atoms with Crippen molar-refractivity contribution in [2.45, 2.75) is 26.2 Å². The third-order valence-electron chi connectivity index (χ3n) is 2.04. The molecule has 1 fully saturated rings. The zero-order valence-corrected chi connectivity index (χ0v) is 16.0. The number of benzene rings is 1. The minimum atomic E-state index is 0.250. The number of aromatic nitrogens is 2. The summed E-state index contributed by atoms with van der Waals surface area (Å²) in [6, 6.07) is 3.81. The van der Waals surface area contributed by atoms with Crippen molar-refractivity contribution in [1.29, 1.82) is 0 Å². The van der Waals surface area contributed by atoms with Crippen molar-refractivity contribution in [1.82, 2.24) is 9.55 Å². The molecule has 2 aromatic rings. The second-order valence-electron chi connectivity index (χ2n) is 3.84. The van der Waals surface area contributed by atoms with Crippen molar-refractivity contribution >= 4 is 66.8 Å². The van der Waals surface area contributed by atoms with Gasteiger partial charge in [0.1, 0.15) is 0 Å². The van der Waals surface area contributed by atoms with E-state index in [9.17, 15) is 0 Å². The first-order chi connectivity index (χ1) is 9.13. The Labute approximate surface area is 141 Å². The number of hydrogen-bond donors (Lipinski definition) is 1. The topological polar surface area (TPSA) is 38.1 Å².